The van der Waals surface area contributed by atoms with Crippen LogP contribution in [0.5, 0.6) is 0 Å². The van der Waals surface area contributed by atoms with Gasteiger partial charge in [0.25, 0.3) is 0 Å². The predicted octanol–water partition coefficient (Wildman–Crippen LogP) is 3.14. The first-order valence-corrected chi connectivity index (χ1v) is 5.52. The molecule has 0 aliphatic rings. The summed E-state index contributed by atoms with van der Waals surface area (Å²) in [7, 11) is 0. The van der Waals surface area contributed by atoms with E-state index in [0.29, 0.717) is 5.92 Å². The van der Waals surface area contributed by atoms with Gasteiger partial charge in [0.05, 0.1) is 5.84 Å². The van der Waals surface area contributed by atoms with Crippen LogP contribution in [0.15, 0.2) is 30.3 Å². The first-order valence-electron chi connectivity index (χ1n) is 5.52. The Bertz CT molecular complexity index is 304. The Balaban J connectivity index is 2.66. The Hall–Kier alpha value is -1.31. The molecule has 2 nitrogen and oxygen atoms in total. The standard InChI is InChI=1S/C13H20N2/c1-4-15(13(14)11(2)3)10-12-8-6-5-7-9-12/h5-9,11,14H,4,10H2,1-3H3. The van der Waals surface area contributed by atoms with Gasteiger partial charge in [-0.3, -0.25) is 5.41 Å². The van der Waals surface area contributed by atoms with Gasteiger partial charge in [-0.15, -0.1) is 0 Å². The van der Waals surface area contributed by atoms with Crippen molar-refractivity contribution in [3.63, 3.8) is 0 Å². The van der Waals surface area contributed by atoms with Crippen molar-refractivity contribution in [2.45, 2.75) is 27.3 Å². The largest absolute Gasteiger partial charge is 0.356 e. The van der Waals surface area contributed by atoms with E-state index in [2.05, 4.69) is 37.8 Å². The van der Waals surface area contributed by atoms with Crippen LogP contribution in [0.4, 0.5) is 0 Å². The van der Waals surface area contributed by atoms with E-state index < -0.39 is 0 Å². The highest BCUT2D eigenvalue weighted by Gasteiger charge is 2.11. The van der Waals surface area contributed by atoms with Gasteiger partial charge in [-0.05, 0) is 12.5 Å². The van der Waals surface area contributed by atoms with Gasteiger partial charge in [0.15, 0.2) is 0 Å². The van der Waals surface area contributed by atoms with E-state index >= 15 is 0 Å². The van der Waals surface area contributed by atoms with Gasteiger partial charge >= 0.3 is 0 Å². The molecular formula is C13H20N2. The average Bonchev–Trinajstić information content (AvgIpc) is 2.26. The van der Waals surface area contributed by atoms with E-state index in [1.807, 2.05) is 18.2 Å². The number of hydrogen-bond acceptors (Lipinski definition) is 1. The lowest BCUT2D eigenvalue weighted by Gasteiger charge is -2.25. The van der Waals surface area contributed by atoms with Crippen molar-refractivity contribution in [3.05, 3.63) is 35.9 Å². The molecule has 0 heterocycles. The molecule has 0 aromatic heterocycles. The van der Waals surface area contributed by atoms with Crippen LogP contribution in [-0.2, 0) is 6.54 Å². The fourth-order valence-corrected chi connectivity index (χ4v) is 1.54. The second-order valence-corrected chi connectivity index (χ2v) is 4.04. The molecule has 0 unspecified atom stereocenters. The molecule has 0 radical (unpaired) electrons. The predicted molar refractivity (Wildman–Crippen MR) is 65.1 cm³/mol. The summed E-state index contributed by atoms with van der Waals surface area (Å²) in [4.78, 5) is 2.11. The van der Waals surface area contributed by atoms with Gasteiger partial charge in [0.1, 0.15) is 0 Å². The van der Waals surface area contributed by atoms with Gasteiger partial charge in [-0.1, -0.05) is 44.2 Å². The van der Waals surface area contributed by atoms with Crippen molar-refractivity contribution in [1.29, 1.82) is 5.41 Å². The Kier molecular flexibility index (Phi) is 4.35. The second-order valence-electron chi connectivity index (χ2n) is 4.04. The Morgan fingerprint density at radius 3 is 2.33 bits per heavy atom. The monoisotopic (exact) mass is 204 g/mol. The summed E-state index contributed by atoms with van der Waals surface area (Å²) in [5.41, 5.74) is 1.27. The smallest absolute Gasteiger partial charge is 0.0986 e. The zero-order chi connectivity index (χ0) is 11.3. The minimum Gasteiger partial charge on any atom is -0.356 e. The van der Waals surface area contributed by atoms with Crippen molar-refractivity contribution in [3.8, 4) is 0 Å². The van der Waals surface area contributed by atoms with Gasteiger partial charge in [-0.25, -0.2) is 0 Å². The lowest BCUT2D eigenvalue weighted by Crippen LogP contribution is -2.32. The first-order chi connectivity index (χ1) is 7.15. The highest BCUT2D eigenvalue weighted by molar-refractivity contribution is 5.80. The van der Waals surface area contributed by atoms with Crippen molar-refractivity contribution < 1.29 is 0 Å². The molecule has 1 rings (SSSR count). The number of hydrogen-bond donors (Lipinski definition) is 1. The van der Waals surface area contributed by atoms with E-state index in [0.717, 1.165) is 18.9 Å². The summed E-state index contributed by atoms with van der Waals surface area (Å²) < 4.78 is 0. The Morgan fingerprint density at radius 2 is 1.87 bits per heavy atom. The van der Waals surface area contributed by atoms with Crippen LogP contribution >= 0.6 is 0 Å². The van der Waals surface area contributed by atoms with Gasteiger partial charge in [-0.2, -0.15) is 0 Å². The van der Waals surface area contributed by atoms with Crippen molar-refractivity contribution in [2.24, 2.45) is 5.92 Å². The number of rotatable bonds is 4. The van der Waals surface area contributed by atoms with Crippen molar-refractivity contribution >= 4 is 5.84 Å². The molecule has 0 spiro atoms. The van der Waals surface area contributed by atoms with Crippen LogP contribution in [0.25, 0.3) is 0 Å². The quantitative estimate of drug-likeness (QED) is 0.592. The van der Waals surface area contributed by atoms with Gasteiger partial charge < -0.3 is 4.90 Å². The summed E-state index contributed by atoms with van der Waals surface area (Å²) in [6, 6.07) is 10.3. The number of benzene rings is 1. The van der Waals surface area contributed by atoms with E-state index in [1.165, 1.54) is 5.56 Å². The molecule has 0 atom stereocenters. The molecule has 82 valence electrons. The summed E-state index contributed by atoms with van der Waals surface area (Å²) in [5.74, 6) is 1.02. The highest BCUT2D eigenvalue weighted by Crippen LogP contribution is 2.08. The second kappa shape index (κ2) is 5.54. The topological polar surface area (TPSA) is 27.1 Å². The van der Waals surface area contributed by atoms with Crippen molar-refractivity contribution in [2.75, 3.05) is 6.54 Å². The SMILES string of the molecule is CCN(Cc1ccccc1)C(=N)C(C)C. The van der Waals surface area contributed by atoms with Gasteiger partial charge in [0.2, 0.25) is 0 Å². The zero-order valence-electron chi connectivity index (χ0n) is 9.83. The third-order valence-corrected chi connectivity index (χ3v) is 2.49. The molecule has 1 N–H and O–H groups in total. The van der Waals surface area contributed by atoms with Gasteiger partial charge in [0, 0.05) is 19.0 Å². The summed E-state index contributed by atoms with van der Waals surface area (Å²) in [5, 5.41) is 7.98. The third-order valence-electron chi connectivity index (χ3n) is 2.49. The number of nitrogens with one attached hydrogen (secondary N) is 1. The molecular weight excluding hydrogens is 184 g/mol. The molecule has 0 amide bonds. The van der Waals surface area contributed by atoms with Crippen molar-refractivity contribution in [1.82, 2.24) is 4.90 Å². The Labute approximate surface area is 92.4 Å². The van der Waals surface area contributed by atoms with Crippen LogP contribution < -0.4 is 0 Å². The molecule has 2 heteroatoms. The molecule has 0 saturated carbocycles. The van der Waals surface area contributed by atoms with Crippen LogP contribution in [0.2, 0.25) is 0 Å². The fourth-order valence-electron chi connectivity index (χ4n) is 1.54. The molecule has 0 bridgehead atoms. The van der Waals surface area contributed by atoms with E-state index in [4.69, 9.17) is 5.41 Å². The number of amidine groups is 1. The maximum absolute atomic E-state index is 7.98. The van der Waals surface area contributed by atoms with E-state index in [1.54, 1.807) is 0 Å². The van der Waals surface area contributed by atoms with Crippen LogP contribution in [0.1, 0.15) is 26.3 Å². The molecule has 15 heavy (non-hydrogen) atoms. The minimum absolute atomic E-state index is 0.300. The van der Waals surface area contributed by atoms with E-state index in [-0.39, 0.29) is 0 Å². The molecule has 0 aliphatic carbocycles. The van der Waals surface area contributed by atoms with Crippen LogP contribution in [0.3, 0.4) is 0 Å². The Morgan fingerprint density at radius 1 is 1.27 bits per heavy atom. The summed E-state index contributed by atoms with van der Waals surface area (Å²) >= 11 is 0. The van der Waals surface area contributed by atoms with E-state index in [9.17, 15) is 0 Å². The third kappa shape index (κ3) is 3.39. The average molecular weight is 204 g/mol. The zero-order valence-corrected chi connectivity index (χ0v) is 9.83. The maximum atomic E-state index is 7.98. The molecule has 0 fully saturated rings. The molecule has 0 saturated heterocycles. The highest BCUT2D eigenvalue weighted by atomic mass is 15.2. The summed E-state index contributed by atoms with van der Waals surface area (Å²) in [6.07, 6.45) is 0. The number of nitrogens with zero attached hydrogens (tertiary/aromatic N) is 1. The van der Waals surface area contributed by atoms with Crippen LogP contribution in [0, 0.1) is 11.3 Å². The molecule has 0 aliphatic heterocycles. The maximum Gasteiger partial charge on any atom is 0.0986 e. The first kappa shape index (κ1) is 11.8. The lowest BCUT2D eigenvalue weighted by molar-refractivity contribution is 0.410. The lowest BCUT2D eigenvalue weighted by atomic mass is 10.1. The molecule has 1 aromatic rings. The molecule has 1 aromatic carbocycles. The summed E-state index contributed by atoms with van der Waals surface area (Å²) in [6.45, 7) is 7.96. The minimum atomic E-state index is 0.300. The normalized spacial score (nSPS) is 10.4. The van der Waals surface area contributed by atoms with Crippen LogP contribution in [-0.4, -0.2) is 17.3 Å². The fraction of sp³-hybridized carbons (Fsp3) is 0.462.